The number of thiophene rings is 1. The van der Waals surface area contributed by atoms with Gasteiger partial charge in [-0.2, -0.15) is 0 Å². The van der Waals surface area contributed by atoms with Crippen molar-refractivity contribution >= 4 is 17.3 Å². The van der Waals surface area contributed by atoms with Gasteiger partial charge < -0.3 is 5.11 Å². The zero-order chi connectivity index (χ0) is 12.0. The normalized spacial score (nSPS) is 17.4. The molecule has 1 aromatic carbocycles. The Balaban J connectivity index is 2.30. The van der Waals surface area contributed by atoms with Crippen molar-refractivity contribution in [1.82, 2.24) is 0 Å². The second kappa shape index (κ2) is 3.70. The highest BCUT2D eigenvalue weighted by Gasteiger charge is 2.27. The maximum absolute atomic E-state index is 11.2. The van der Waals surface area contributed by atoms with Gasteiger partial charge in [0, 0.05) is 15.8 Å². The van der Waals surface area contributed by atoms with E-state index in [-0.39, 0.29) is 0 Å². The van der Waals surface area contributed by atoms with Crippen LogP contribution in [0.2, 0.25) is 0 Å². The van der Waals surface area contributed by atoms with Crippen LogP contribution in [0.25, 0.3) is 11.1 Å². The minimum Gasteiger partial charge on any atom is -0.478 e. The number of benzene rings is 1. The number of fused-ring (bicyclic) bond motifs is 3. The molecule has 0 fully saturated rings. The molecule has 0 bridgehead atoms. The van der Waals surface area contributed by atoms with Crippen LogP contribution in [0.15, 0.2) is 29.6 Å². The Labute approximate surface area is 104 Å². The number of aromatic carboxylic acids is 1. The molecule has 0 radical (unpaired) electrons. The molecule has 1 unspecified atom stereocenters. The van der Waals surface area contributed by atoms with Crippen molar-refractivity contribution in [2.24, 2.45) is 0 Å². The third-order valence-electron chi connectivity index (χ3n) is 3.35. The Morgan fingerprint density at radius 3 is 2.94 bits per heavy atom. The lowest BCUT2D eigenvalue weighted by molar-refractivity contribution is 0.0698. The van der Waals surface area contributed by atoms with E-state index in [1.54, 1.807) is 16.7 Å². The zero-order valence-electron chi connectivity index (χ0n) is 9.43. The average molecular weight is 244 g/mol. The molecule has 2 nitrogen and oxygen atoms in total. The second-order valence-electron chi connectivity index (χ2n) is 4.45. The lowest BCUT2D eigenvalue weighted by Gasteiger charge is -2.22. The smallest absolute Gasteiger partial charge is 0.337 e. The molecule has 0 saturated heterocycles. The number of rotatable bonds is 1. The molecule has 1 aromatic heterocycles. The number of carboxylic acids is 1. The molecule has 1 N–H and O–H groups in total. The van der Waals surface area contributed by atoms with E-state index in [1.807, 2.05) is 18.2 Å². The highest BCUT2D eigenvalue weighted by Crippen LogP contribution is 2.44. The van der Waals surface area contributed by atoms with Gasteiger partial charge in [0.15, 0.2) is 0 Å². The highest BCUT2D eigenvalue weighted by molar-refractivity contribution is 7.10. The Morgan fingerprint density at radius 1 is 1.41 bits per heavy atom. The quantitative estimate of drug-likeness (QED) is 0.829. The standard InChI is InChI=1S/C14H12O2S/c1-8-6-12-13(11(7-17-12)14(15)16)10-5-3-2-4-9(8)10/h2-5,7-8H,6H2,1H3,(H,15,16). The van der Waals surface area contributed by atoms with E-state index in [0.717, 1.165) is 17.5 Å². The summed E-state index contributed by atoms with van der Waals surface area (Å²) in [5.74, 6) is -0.356. The van der Waals surface area contributed by atoms with Crippen LogP contribution in [0, 0.1) is 0 Å². The van der Waals surface area contributed by atoms with Crippen LogP contribution in [-0.4, -0.2) is 11.1 Å². The van der Waals surface area contributed by atoms with Crippen LogP contribution in [0.5, 0.6) is 0 Å². The van der Waals surface area contributed by atoms with Crippen LogP contribution >= 0.6 is 11.3 Å². The predicted octanol–water partition coefficient (Wildman–Crippen LogP) is 3.77. The molecule has 86 valence electrons. The molecule has 1 aliphatic rings. The zero-order valence-corrected chi connectivity index (χ0v) is 10.3. The van der Waals surface area contributed by atoms with E-state index in [0.29, 0.717) is 11.5 Å². The second-order valence-corrected chi connectivity index (χ2v) is 5.41. The molecule has 17 heavy (non-hydrogen) atoms. The molecule has 0 saturated carbocycles. The van der Waals surface area contributed by atoms with Crippen LogP contribution in [-0.2, 0) is 6.42 Å². The Bertz CT molecular complexity index is 598. The first-order valence-corrected chi connectivity index (χ1v) is 6.49. The van der Waals surface area contributed by atoms with Gasteiger partial charge in [-0.15, -0.1) is 11.3 Å². The van der Waals surface area contributed by atoms with E-state index in [2.05, 4.69) is 13.0 Å². The summed E-state index contributed by atoms with van der Waals surface area (Å²) in [6.45, 7) is 2.20. The molecule has 0 spiro atoms. The van der Waals surface area contributed by atoms with Gasteiger partial charge in [-0.3, -0.25) is 0 Å². The van der Waals surface area contributed by atoms with Crippen LogP contribution in [0.4, 0.5) is 0 Å². The fourth-order valence-corrected chi connectivity index (χ4v) is 3.71. The summed E-state index contributed by atoms with van der Waals surface area (Å²) in [5.41, 5.74) is 3.75. The number of hydrogen-bond donors (Lipinski definition) is 1. The topological polar surface area (TPSA) is 37.3 Å². The third-order valence-corrected chi connectivity index (χ3v) is 4.36. The van der Waals surface area contributed by atoms with E-state index in [1.165, 1.54) is 10.4 Å². The maximum Gasteiger partial charge on any atom is 0.337 e. The van der Waals surface area contributed by atoms with E-state index >= 15 is 0 Å². The van der Waals surface area contributed by atoms with Gasteiger partial charge in [0.2, 0.25) is 0 Å². The predicted molar refractivity (Wildman–Crippen MR) is 68.8 cm³/mol. The monoisotopic (exact) mass is 244 g/mol. The molecule has 2 aromatic rings. The molecule has 3 heteroatoms. The minimum absolute atomic E-state index is 0.448. The van der Waals surface area contributed by atoms with E-state index in [9.17, 15) is 9.90 Å². The number of hydrogen-bond acceptors (Lipinski definition) is 2. The van der Waals surface area contributed by atoms with Crippen LogP contribution in [0.3, 0.4) is 0 Å². The van der Waals surface area contributed by atoms with Gasteiger partial charge in [-0.25, -0.2) is 4.79 Å². The SMILES string of the molecule is CC1Cc2scc(C(=O)O)c2-c2ccccc21. The lowest BCUT2D eigenvalue weighted by Crippen LogP contribution is -2.08. The summed E-state index contributed by atoms with van der Waals surface area (Å²) >= 11 is 1.57. The van der Waals surface area contributed by atoms with E-state index < -0.39 is 5.97 Å². The molecule has 3 rings (SSSR count). The summed E-state index contributed by atoms with van der Waals surface area (Å²) in [4.78, 5) is 12.4. The lowest BCUT2D eigenvalue weighted by atomic mass is 9.82. The van der Waals surface area contributed by atoms with Crippen LogP contribution < -0.4 is 0 Å². The molecule has 0 amide bonds. The third kappa shape index (κ3) is 1.50. The number of carboxylic acid groups (broad SMARTS) is 1. The Morgan fingerprint density at radius 2 is 2.18 bits per heavy atom. The Kier molecular flexibility index (Phi) is 2.30. The first kappa shape index (κ1) is 10.5. The molecule has 1 aliphatic carbocycles. The Hall–Kier alpha value is -1.61. The fraction of sp³-hybridized carbons (Fsp3) is 0.214. The van der Waals surface area contributed by atoms with Gasteiger partial charge in [0.05, 0.1) is 5.56 Å². The maximum atomic E-state index is 11.2. The highest BCUT2D eigenvalue weighted by atomic mass is 32.1. The summed E-state index contributed by atoms with van der Waals surface area (Å²) in [5, 5.41) is 11.0. The van der Waals surface area contributed by atoms with Crippen molar-refractivity contribution in [2.45, 2.75) is 19.3 Å². The van der Waals surface area contributed by atoms with Gasteiger partial charge in [0.25, 0.3) is 0 Å². The molecular formula is C14H12O2S. The summed E-state index contributed by atoms with van der Waals surface area (Å²) < 4.78 is 0. The van der Waals surface area contributed by atoms with Crippen molar-refractivity contribution in [1.29, 1.82) is 0 Å². The average Bonchev–Trinajstić information content (AvgIpc) is 2.73. The fourth-order valence-electron chi connectivity index (χ4n) is 2.54. The summed E-state index contributed by atoms with van der Waals surface area (Å²) in [7, 11) is 0. The van der Waals surface area contributed by atoms with Crippen molar-refractivity contribution in [3.8, 4) is 11.1 Å². The summed E-state index contributed by atoms with van der Waals surface area (Å²) in [6, 6.07) is 8.13. The van der Waals surface area contributed by atoms with Gasteiger partial charge in [-0.1, -0.05) is 31.2 Å². The van der Waals surface area contributed by atoms with Crippen molar-refractivity contribution < 1.29 is 9.90 Å². The summed E-state index contributed by atoms with van der Waals surface area (Å²) in [6.07, 6.45) is 0.949. The first-order chi connectivity index (χ1) is 8.18. The van der Waals surface area contributed by atoms with Gasteiger partial charge >= 0.3 is 5.97 Å². The van der Waals surface area contributed by atoms with Gasteiger partial charge in [0.1, 0.15) is 0 Å². The molecule has 1 heterocycles. The largest absolute Gasteiger partial charge is 0.478 e. The first-order valence-electron chi connectivity index (χ1n) is 5.61. The van der Waals surface area contributed by atoms with E-state index in [4.69, 9.17) is 0 Å². The minimum atomic E-state index is -0.827. The number of carbonyl (C=O) groups is 1. The molecule has 1 atom stereocenters. The molecular weight excluding hydrogens is 232 g/mol. The van der Waals surface area contributed by atoms with Crippen LogP contribution in [0.1, 0.15) is 33.6 Å². The van der Waals surface area contributed by atoms with Crippen molar-refractivity contribution in [2.75, 3.05) is 0 Å². The van der Waals surface area contributed by atoms with Crippen molar-refractivity contribution in [3.63, 3.8) is 0 Å². The van der Waals surface area contributed by atoms with Crippen molar-refractivity contribution in [3.05, 3.63) is 45.6 Å². The van der Waals surface area contributed by atoms with Gasteiger partial charge in [-0.05, 0) is 23.5 Å². The molecule has 0 aliphatic heterocycles.